The molecule has 3 atom stereocenters. The van der Waals surface area contributed by atoms with Crippen LogP contribution in [0.25, 0.3) is 0 Å². The average molecular weight is 443 g/mol. The number of Topliss-reactive ketones (excluding diaryl/α,β-unsaturated/α-hetero) is 1. The van der Waals surface area contributed by atoms with Gasteiger partial charge in [0.2, 0.25) is 12.5 Å². The predicted molar refractivity (Wildman–Crippen MR) is 97.3 cm³/mol. The average Bonchev–Trinajstić information content (AvgIpc) is 3.14. The second-order valence-corrected chi connectivity index (χ2v) is 7.24. The highest BCUT2D eigenvalue weighted by atomic mass is 35.5. The van der Waals surface area contributed by atoms with Crippen molar-refractivity contribution in [3.63, 3.8) is 0 Å². The molecule has 2 aliphatic heterocycles. The van der Waals surface area contributed by atoms with Gasteiger partial charge in [-0.05, 0) is 42.0 Å². The smallest absolute Gasteiger partial charge is 0.437 e. The summed E-state index contributed by atoms with van der Waals surface area (Å²) >= 11 is 5.79. The number of urea groups is 1. The fraction of sp³-hybridized carbons (Fsp3) is 0.263. The van der Waals surface area contributed by atoms with Gasteiger partial charge in [0.25, 0.3) is 0 Å². The number of hydrogen-bond donors (Lipinski definition) is 3. The van der Waals surface area contributed by atoms with Gasteiger partial charge in [0.1, 0.15) is 5.92 Å². The lowest BCUT2D eigenvalue weighted by Gasteiger charge is -2.45. The topological polar surface area (TPSA) is 96.9 Å². The number of halogens is 4. The zero-order valence-corrected chi connectivity index (χ0v) is 15.8. The summed E-state index contributed by atoms with van der Waals surface area (Å²) in [5.74, 6) is -2.57. The number of carbonyl (C=O) groups is 2. The Hall–Kier alpha value is -2.98. The number of ether oxygens (including phenoxy) is 2. The van der Waals surface area contributed by atoms with Crippen LogP contribution in [0.4, 0.5) is 18.0 Å². The van der Waals surface area contributed by atoms with E-state index < -0.39 is 35.7 Å². The third kappa shape index (κ3) is 3.31. The van der Waals surface area contributed by atoms with E-state index in [1.54, 1.807) is 0 Å². The summed E-state index contributed by atoms with van der Waals surface area (Å²) in [6.07, 6.45) is -5.34. The highest BCUT2D eigenvalue weighted by Crippen LogP contribution is 2.45. The number of amides is 2. The lowest BCUT2D eigenvalue weighted by atomic mass is 9.77. The highest BCUT2D eigenvalue weighted by molar-refractivity contribution is 6.30. The van der Waals surface area contributed by atoms with E-state index in [4.69, 9.17) is 21.1 Å². The zero-order chi connectivity index (χ0) is 21.7. The molecule has 1 fully saturated rings. The molecular formula is C19H14ClF3N2O5. The normalized spacial score (nSPS) is 25.4. The van der Waals surface area contributed by atoms with E-state index in [0.717, 1.165) is 0 Å². The minimum atomic E-state index is -5.34. The Labute approximate surface area is 172 Å². The van der Waals surface area contributed by atoms with Gasteiger partial charge in [0, 0.05) is 10.6 Å². The molecule has 158 valence electrons. The van der Waals surface area contributed by atoms with Crippen LogP contribution in [0.3, 0.4) is 0 Å². The number of ketones is 1. The molecule has 0 bridgehead atoms. The van der Waals surface area contributed by atoms with Gasteiger partial charge < -0.3 is 25.2 Å². The van der Waals surface area contributed by atoms with E-state index in [1.807, 2.05) is 0 Å². The molecule has 2 aliphatic rings. The van der Waals surface area contributed by atoms with E-state index in [0.29, 0.717) is 5.75 Å². The second kappa shape index (κ2) is 7.06. The van der Waals surface area contributed by atoms with Crippen molar-refractivity contribution in [1.82, 2.24) is 10.6 Å². The molecule has 11 heteroatoms. The third-order valence-electron chi connectivity index (χ3n) is 4.97. The van der Waals surface area contributed by atoms with Gasteiger partial charge in [-0.3, -0.25) is 4.79 Å². The quantitative estimate of drug-likeness (QED) is 0.634. The van der Waals surface area contributed by atoms with Gasteiger partial charge in [0.15, 0.2) is 17.3 Å². The molecule has 0 radical (unpaired) electrons. The van der Waals surface area contributed by atoms with Crippen LogP contribution < -0.4 is 20.1 Å². The van der Waals surface area contributed by atoms with Crippen LogP contribution in [0, 0.1) is 5.92 Å². The monoisotopic (exact) mass is 442 g/mol. The standard InChI is InChI=1S/C19H14ClF3N2O5/c20-11-4-1-9(2-5-11)16(26)14-15(10-3-6-12-13(7-10)30-8-29-12)24-17(27)25-18(14,28)19(21,22)23/h1-7,14-15,28H,8H2,(H2,24,25,27)/t14-,15-,18-/m1/s1. The Balaban J connectivity index is 1.84. The number of alkyl halides is 3. The minimum absolute atomic E-state index is 0.0724. The largest absolute Gasteiger partial charge is 0.454 e. The Morgan fingerprint density at radius 3 is 2.47 bits per heavy atom. The molecule has 0 spiro atoms. The van der Waals surface area contributed by atoms with Crippen LogP contribution >= 0.6 is 11.6 Å². The Morgan fingerprint density at radius 2 is 1.80 bits per heavy atom. The predicted octanol–water partition coefficient (Wildman–Crippen LogP) is 3.17. The molecular weight excluding hydrogens is 429 g/mol. The molecule has 7 nitrogen and oxygen atoms in total. The van der Waals surface area contributed by atoms with Gasteiger partial charge >= 0.3 is 12.2 Å². The van der Waals surface area contributed by atoms with Crippen LogP contribution in [0.1, 0.15) is 22.0 Å². The van der Waals surface area contributed by atoms with Gasteiger partial charge in [-0.2, -0.15) is 13.2 Å². The van der Waals surface area contributed by atoms with Crippen molar-refractivity contribution < 1.29 is 37.3 Å². The maximum absolute atomic E-state index is 13.9. The summed E-state index contributed by atoms with van der Waals surface area (Å²) < 4.78 is 52.1. The summed E-state index contributed by atoms with van der Waals surface area (Å²) in [7, 11) is 0. The third-order valence-corrected chi connectivity index (χ3v) is 5.23. The molecule has 0 unspecified atom stereocenters. The highest BCUT2D eigenvalue weighted by Gasteiger charge is 2.66. The number of hydrogen-bond acceptors (Lipinski definition) is 5. The van der Waals surface area contributed by atoms with Crippen LogP contribution in [-0.4, -0.2) is 35.6 Å². The molecule has 0 aliphatic carbocycles. The first kappa shape index (κ1) is 20.3. The van der Waals surface area contributed by atoms with E-state index in [1.165, 1.54) is 47.8 Å². The summed E-state index contributed by atoms with van der Waals surface area (Å²) in [6.45, 7) is -0.0724. The van der Waals surface area contributed by atoms with Crippen molar-refractivity contribution in [2.45, 2.75) is 17.9 Å². The number of rotatable bonds is 3. The van der Waals surface area contributed by atoms with E-state index in [-0.39, 0.29) is 28.7 Å². The van der Waals surface area contributed by atoms with E-state index >= 15 is 0 Å². The Morgan fingerprint density at radius 1 is 1.13 bits per heavy atom. The number of aliphatic hydroxyl groups is 1. The maximum Gasteiger partial charge on any atom is 0.437 e. The number of nitrogens with one attached hydrogen (secondary N) is 2. The lowest BCUT2D eigenvalue weighted by Crippen LogP contribution is -2.72. The van der Waals surface area contributed by atoms with Crippen LogP contribution in [-0.2, 0) is 0 Å². The fourth-order valence-electron chi connectivity index (χ4n) is 3.52. The Kier molecular flexibility index (Phi) is 4.78. The van der Waals surface area contributed by atoms with Crippen LogP contribution in [0.2, 0.25) is 5.02 Å². The molecule has 0 aromatic heterocycles. The maximum atomic E-state index is 13.9. The van der Waals surface area contributed by atoms with Gasteiger partial charge in [-0.1, -0.05) is 17.7 Å². The molecule has 2 aromatic carbocycles. The zero-order valence-electron chi connectivity index (χ0n) is 15.0. The Bertz CT molecular complexity index is 1010. The molecule has 2 amide bonds. The number of carbonyl (C=O) groups excluding carboxylic acids is 2. The second-order valence-electron chi connectivity index (χ2n) is 6.80. The van der Waals surface area contributed by atoms with Crippen molar-refractivity contribution >= 4 is 23.4 Å². The van der Waals surface area contributed by atoms with Gasteiger partial charge in [0.05, 0.1) is 6.04 Å². The SMILES string of the molecule is O=C1N[C@H](c2ccc3c(c2)OCO3)[C@H](C(=O)c2ccc(Cl)cc2)[C@@](O)(C(F)(F)F)N1. The summed E-state index contributed by atoms with van der Waals surface area (Å²) in [6, 6.07) is 6.57. The van der Waals surface area contributed by atoms with E-state index in [2.05, 4.69) is 5.32 Å². The van der Waals surface area contributed by atoms with Crippen molar-refractivity contribution in [2.24, 2.45) is 5.92 Å². The first-order valence-corrected chi connectivity index (χ1v) is 9.05. The number of fused-ring (bicyclic) bond motifs is 1. The van der Waals surface area contributed by atoms with Crippen LogP contribution in [0.15, 0.2) is 42.5 Å². The molecule has 4 rings (SSSR count). The van der Waals surface area contributed by atoms with Gasteiger partial charge in [-0.15, -0.1) is 0 Å². The van der Waals surface area contributed by atoms with E-state index in [9.17, 15) is 27.9 Å². The molecule has 3 N–H and O–H groups in total. The van der Waals surface area contributed by atoms with Crippen molar-refractivity contribution in [2.75, 3.05) is 6.79 Å². The van der Waals surface area contributed by atoms with Gasteiger partial charge in [-0.25, -0.2) is 4.79 Å². The molecule has 2 heterocycles. The summed E-state index contributed by atoms with van der Waals surface area (Å²) in [5, 5.41) is 14.6. The molecule has 2 aromatic rings. The summed E-state index contributed by atoms with van der Waals surface area (Å²) in [5.41, 5.74) is -3.80. The number of benzene rings is 2. The van der Waals surface area contributed by atoms with Crippen molar-refractivity contribution in [1.29, 1.82) is 0 Å². The lowest BCUT2D eigenvalue weighted by molar-refractivity contribution is -0.287. The minimum Gasteiger partial charge on any atom is -0.454 e. The molecule has 1 saturated heterocycles. The molecule has 30 heavy (non-hydrogen) atoms. The summed E-state index contributed by atoms with van der Waals surface area (Å²) in [4.78, 5) is 25.2. The first-order valence-electron chi connectivity index (χ1n) is 8.67. The van der Waals surface area contributed by atoms with Crippen molar-refractivity contribution in [3.05, 3.63) is 58.6 Å². The fourth-order valence-corrected chi connectivity index (χ4v) is 3.64. The first-order chi connectivity index (χ1) is 14.1. The van der Waals surface area contributed by atoms with Crippen LogP contribution in [0.5, 0.6) is 11.5 Å². The molecule has 0 saturated carbocycles. The van der Waals surface area contributed by atoms with Crippen molar-refractivity contribution in [3.8, 4) is 11.5 Å².